The number of benzene rings is 1. The van der Waals surface area contributed by atoms with E-state index in [2.05, 4.69) is 4.90 Å². The maximum atomic E-state index is 13.5. The zero-order valence-corrected chi connectivity index (χ0v) is 18.4. The number of fused-ring (bicyclic) bond motifs is 1. The first-order chi connectivity index (χ1) is 14.9. The third-order valence-electron chi connectivity index (χ3n) is 6.51. The first-order valence-electron chi connectivity index (χ1n) is 11.0. The van der Waals surface area contributed by atoms with Gasteiger partial charge in [0.2, 0.25) is 0 Å². The Labute approximate surface area is 183 Å². The lowest BCUT2D eigenvalue weighted by atomic mass is 9.77. The Balaban J connectivity index is 1.69. The maximum Gasteiger partial charge on any atom is 0.337 e. The number of carbonyl (C=O) groups excluding carboxylic acids is 3. The molecule has 1 amide bonds. The molecule has 3 unspecified atom stereocenters. The number of esters is 1. The fourth-order valence-corrected chi connectivity index (χ4v) is 4.95. The largest absolute Gasteiger partial charge is 0.483 e. The number of hydrogen-bond acceptors (Lipinski definition) is 6. The number of nitrogens with zero attached hydrogens (tertiary/aromatic N) is 2. The fourth-order valence-electron chi connectivity index (χ4n) is 4.95. The fraction of sp³-hybridized carbons (Fsp3) is 0.542. The maximum absolute atomic E-state index is 13.5. The summed E-state index contributed by atoms with van der Waals surface area (Å²) in [5.41, 5.74) is 1.73. The highest BCUT2D eigenvalue weighted by molar-refractivity contribution is 6.11. The van der Waals surface area contributed by atoms with Crippen LogP contribution in [0.15, 0.2) is 35.6 Å². The number of hydrogen-bond donors (Lipinski definition) is 0. The molecule has 0 saturated heterocycles. The van der Waals surface area contributed by atoms with Crippen LogP contribution >= 0.6 is 0 Å². The predicted octanol–water partition coefficient (Wildman–Crippen LogP) is 2.72. The van der Waals surface area contributed by atoms with Gasteiger partial charge in [0.25, 0.3) is 5.91 Å². The lowest BCUT2D eigenvalue weighted by Gasteiger charge is -2.35. The van der Waals surface area contributed by atoms with Crippen molar-refractivity contribution in [2.24, 2.45) is 5.92 Å². The third kappa shape index (κ3) is 3.99. The van der Waals surface area contributed by atoms with Crippen molar-refractivity contribution in [1.29, 1.82) is 0 Å². The molecule has 0 bridgehead atoms. The third-order valence-corrected chi connectivity index (χ3v) is 6.51. The minimum atomic E-state index is -0.480. The van der Waals surface area contributed by atoms with E-state index in [1.807, 2.05) is 14.1 Å². The molecule has 0 radical (unpaired) electrons. The van der Waals surface area contributed by atoms with Gasteiger partial charge >= 0.3 is 5.97 Å². The molecule has 3 aliphatic rings. The van der Waals surface area contributed by atoms with E-state index < -0.39 is 12.0 Å². The molecule has 7 nitrogen and oxygen atoms in total. The van der Waals surface area contributed by atoms with Crippen molar-refractivity contribution in [1.82, 2.24) is 9.80 Å². The second kappa shape index (κ2) is 8.83. The highest BCUT2D eigenvalue weighted by Gasteiger charge is 2.51. The first-order valence-corrected chi connectivity index (χ1v) is 11.0. The van der Waals surface area contributed by atoms with Crippen LogP contribution < -0.4 is 0 Å². The smallest absolute Gasteiger partial charge is 0.337 e. The molecule has 4 rings (SSSR count). The summed E-state index contributed by atoms with van der Waals surface area (Å²) in [5.74, 6) is -0.498. The van der Waals surface area contributed by atoms with Crippen LogP contribution in [0.5, 0.6) is 0 Å². The molecule has 31 heavy (non-hydrogen) atoms. The van der Waals surface area contributed by atoms with Crippen molar-refractivity contribution in [2.75, 3.05) is 34.3 Å². The van der Waals surface area contributed by atoms with Crippen LogP contribution in [-0.4, -0.2) is 67.9 Å². The summed E-state index contributed by atoms with van der Waals surface area (Å²) in [5, 5.41) is 0. The second-order valence-electron chi connectivity index (χ2n) is 8.83. The molecule has 1 fully saturated rings. The van der Waals surface area contributed by atoms with Gasteiger partial charge in [0, 0.05) is 6.54 Å². The van der Waals surface area contributed by atoms with Crippen LogP contribution in [0.4, 0.5) is 0 Å². The van der Waals surface area contributed by atoms with Crippen LogP contribution in [0.2, 0.25) is 0 Å². The van der Waals surface area contributed by atoms with E-state index >= 15 is 0 Å². The summed E-state index contributed by atoms with van der Waals surface area (Å²) < 4.78 is 11.0. The standard InChI is InChI=1S/C24H30N2O5/c1-25(2)13-6-14-26-20(15-9-11-16(12-10-15)24(29)30-3)19-21(27)17-7-4-5-8-18(17)31-22(19)23(26)28/h9-12,17-18,20H,4-8,13-14H2,1-3H3. The normalized spacial score (nSPS) is 25.4. The predicted molar refractivity (Wildman–Crippen MR) is 114 cm³/mol. The molecule has 2 aliphatic heterocycles. The van der Waals surface area contributed by atoms with Gasteiger partial charge < -0.3 is 19.3 Å². The monoisotopic (exact) mass is 426 g/mol. The van der Waals surface area contributed by atoms with Crippen LogP contribution in [0, 0.1) is 5.92 Å². The number of carbonyl (C=O) groups is 3. The second-order valence-corrected chi connectivity index (χ2v) is 8.83. The van der Waals surface area contributed by atoms with Gasteiger partial charge in [-0.25, -0.2) is 4.79 Å². The van der Waals surface area contributed by atoms with Gasteiger partial charge in [-0.15, -0.1) is 0 Å². The molecule has 3 atom stereocenters. The Morgan fingerprint density at radius 3 is 2.55 bits per heavy atom. The van der Waals surface area contributed by atoms with Gasteiger partial charge in [-0.1, -0.05) is 18.6 Å². The van der Waals surface area contributed by atoms with E-state index in [0.29, 0.717) is 17.7 Å². The molecule has 2 heterocycles. The number of Topliss-reactive ketones (excluding diaryl/α,β-unsaturated/α-hetero) is 1. The highest BCUT2D eigenvalue weighted by Crippen LogP contribution is 2.46. The van der Waals surface area contributed by atoms with Gasteiger partial charge in [-0.3, -0.25) is 9.59 Å². The number of ether oxygens (including phenoxy) is 2. The Morgan fingerprint density at radius 1 is 1.16 bits per heavy atom. The molecule has 7 heteroatoms. The van der Waals surface area contributed by atoms with Crippen molar-refractivity contribution in [2.45, 2.75) is 44.2 Å². The van der Waals surface area contributed by atoms with Crippen molar-refractivity contribution in [3.63, 3.8) is 0 Å². The van der Waals surface area contributed by atoms with Crippen molar-refractivity contribution < 1.29 is 23.9 Å². The molecule has 166 valence electrons. The molecule has 0 N–H and O–H groups in total. The zero-order valence-electron chi connectivity index (χ0n) is 18.4. The van der Waals surface area contributed by atoms with Crippen molar-refractivity contribution in [3.05, 3.63) is 46.7 Å². The Bertz CT molecular complexity index is 905. The molecule has 0 aromatic heterocycles. The van der Waals surface area contributed by atoms with Crippen LogP contribution in [0.1, 0.15) is 54.1 Å². The SMILES string of the molecule is COC(=O)c1ccc(C2C3=C(OC4CCCCC4C3=O)C(=O)N2CCCN(C)C)cc1. The van der Waals surface area contributed by atoms with E-state index in [1.54, 1.807) is 29.2 Å². The molecule has 1 saturated carbocycles. The Hall–Kier alpha value is -2.67. The van der Waals surface area contributed by atoms with Gasteiger partial charge in [0.1, 0.15) is 6.10 Å². The summed E-state index contributed by atoms with van der Waals surface area (Å²) >= 11 is 0. The summed E-state index contributed by atoms with van der Waals surface area (Å²) in [6.45, 7) is 1.36. The molecule has 1 aromatic carbocycles. The lowest BCUT2D eigenvalue weighted by Crippen LogP contribution is -2.39. The van der Waals surface area contributed by atoms with Gasteiger partial charge in [0.05, 0.1) is 30.2 Å². The van der Waals surface area contributed by atoms with Crippen molar-refractivity contribution >= 4 is 17.7 Å². The number of amides is 1. The van der Waals surface area contributed by atoms with E-state index in [4.69, 9.17) is 9.47 Å². The highest BCUT2D eigenvalue weighted by atomic mass is 16.5. The molecule has 0 spiro atoms. The summed E-state index contributed by atoms with van der Waals surface area (Å²) in [6, 6.07) is 6.49. The average molecular weight is 427 g/mol. The number of rotatable bonds is 6. The molecular weight excluding hydrogens is 396 g/mol. The van der Waals surface area contributed by atoms with Crippen molar-refractivity contribution in [3.8, 4) is 0 Å². The Kier molecular flexibility index (Phi) is 6.14. The Morgan fingerprint density at radius 2 is 1.87 bits per heavy atom. The van der Waals surface area contributed by atoms with E-state index in [9.17, 15) is 14.4 Å². The zero-order chi connectivity index (χ0) is 22.1. The first kappa shape index (κ1) is 21.6. The summed E-state index contributed by atoms with van der Waals surface area (Å²) in [7, 11) is 5.33. The van der Waals surface area contributed by atoms with Gasteiger partial charge in [-0.05, 0) is 64.0 Å². The molecule has 1 aliphatic carbocycles. The van der Waals surface area contributed by atoms with Crippen LogP contribution in [0.25, 0.3) is 0 Å². The van der Waals surface area contributed by atoms with Gasteiger partial charge in [-0.2, -0.15) is 0 Å². The molecule has 1 aromatic rings. The topological polar surface area (TPSA) is 76.1 Å². The van der Waals surface area contributed by atoms with Gasteiger partial charge in [0.15, 0.2) is 11.5 Å². The van der Waals surface area contributed by atoms with E-state index in [-0.39, 0.29) is 29.5 Å². The number of ketones is 1. The average Bonchev–Trinajstić information content (AvgIpc) is 3.05. The minimum Gasteiger partial charge on any atom is -0.483 e. The van der Waals surface area contributed by atoms with Crippen LogP contribution in [0.3, 0.4) is 0 Å². The quantitative estimate of drug-likeness (QED) is 0.651. The summed E-state index contributed by atoms with van der Waals surface area (Å²) in [6.07, 6.45) is 4.27. The van der Waals surface area contributed by atoms with E-state index in [1.165, 1.54) is 7.11 Å². The summed E-state index contributed by atoms with van der Waals surface area (Å²) in [4.78, 5) is 42.5. The lowest BCUT2D eigenvalue weighted by molar-refractivity contribution is -0.135. The van der Waals surface area contributed by atoms with Crippen LogP contribution in [-0.2, 0) is 19.1 Å². The molecular formula is C24H30N2O5. The minimum absolute atomic E-state index is 0.0523. The number of methoxy groups -OCH3 is 1. The van der Waals surface area contributed by atoms with E-state index in [0.717, 1.165) is 44.2 Å².